The van der Waals surface area contributed by atoms with E-state index in [9.17, 15) is 4.79 Å². The molecule has 2 N–H and O–H groups in total. The third-order valence-electron chi connectivity index (χ3n) is 3.74. The second kappa shape index (κ2) is 3.08. The molecule has 3 nitrogen and oxygen atoms in total. The Morgan fingerprint density at radius 1 is 1.44 bits per heavy atom. The average Bonchev–Trinajstić information content (AvgIpc) is 2.97. The number of nitrogens with two attached hydrogens (primary N) is 1. The van der Waals surface area contributed by atoms with E-state index in [4.69, 9.17) is 5.73 Å². The van der Waals surface area contributed by atoms with Crippen molar-refractivity contribution >= 4 is 11.6 Å². The number of fused-ring (bicyclic) bond motifs is 2. The van der Waals surface area contributed by atoms with Gasteiger partial charge in [-0.05, 0) is 31.4 Å². The highest BCUT2D eigenvalue weighted by Gasteiger charge is 2.52. The van der Waals surface area contributed by atoms with Gasteiger partial charge in [-0.3, -0.25) is 4.79 Å². The molecule has 16 heavy (non-hydrogen) atoms. The van der Waals surface area contributed by atoms with Crippen LogP contribution < -0.4 is 10.6 Å². The first-order valence-corrected chi connectivity index (χ1v) is 5.80. The molecule has 3 heteroatoms. The number of carbonyl (C=O) groups is 1. The highest BCUT2D eigenvalue weighted by molar-refractivity contribution is 5.99. The minimum Gasteiger partial charge on any atom is -0.320 e. The highest BCUT2D eigenvalue weighted by atomic mass is 16.2. The van der Waals surface area contributed by atoms with Crippen molar-refractivity contribution in [1.82, 2.24) is 0 Å². The van der Waals surface area contributed by atoms with Gasteiger partial charge in [-0.1, -0.05) is 18.2 Å². The third kappa shape index (κ3) is 1.21. The summed E-state index contributed by atoms with van der Waals surface area (Å²) in [5.41, 5.74) is 8.36. The molecule has 0 aromatic heterocycles. The summed E-state index contributed by atoms with van der Waals surface area (Å²) in [5, 5.41) is 0. The van der Waals surface area contributed by atoms with Crippen molar-refractivity contribution in [3.63, 3.8) is 0 Å². The van der Waals surface area contributed by atoms with Crippen LogP contribution in [0.25, 0.3) is 0 Å². The Balaban J connectivity index is 2.03. The number of carbonyl (C=O) groups excluding carboxylic acids is 1. The van der Waals surface area contributed by atoms with Gasteiger partial charge in [0.25, 0.3) is 0 Å². The van der Waals surface area contributed by atoms with Crippen LogP contribution in [-0.2, 0) is 10.2 Å². The molecule has 1 aliphatic heterocycles. The fourth-order valence-electron chi connectivity index (χ4n) is 2.65. The monoisotopic (exact) mass is 216 g/mol. The van der Waals surface area contributed by atoms with E-state index in [2.05, 4.69) is 12.1 Å². The zero-order valence-corrected chi connectivity index (χ0v) is 9.44. The van der Waals surface area contributed by atoms with Crippen molar-refractivity contribution in [2.75, 3.05) is 11.4 Å². The summed E-state index contributed by atoms with van der Waals surface area (Å²) in [7, 11) is 0. The molecule has 1 atom stereocenters. The standard InChI is InChI=1S/C13H16N2O/c1-9(14)12(16)15-8-13(6-7-13)10-4-2-3-5-11(10)15/h2-5,9H,6-8,14H2,1H3/t9-/m1/s1. The first kappa shape index (κ1) is 9.85. The SMILES string of the molecule is C[C@@H](N)C(=O)N1CC2(CC2)c2ccccc21. The van der Waals surface area contributed by atoms with E-state index < -0.39 is 6.04 Å². The lowest BCUT2D eigenvalue weighted by molar-refractivity contribution is -0.119. The van der Waals surface area contributed by atoms with Crippen LogP contribution in [0.2, 0.25) is 0 Å². The molecule has 1 spiro atoms. The summed E-state index contributed by atoms with van der Waals surface area (Å²) >= 11 is 0. The maximum atomic E-state index is 12.0. The van der Waals surface area contributed by atoms with E-state index in [1.54, 1.807) is 6.92 Å². The molecule has 1 aromatic rings. The Kier molecular flexibility index (Phi) is 1.89. The summed E-state index contributed by atoms with van der Waals surface area (Å²) in [6.45, 7) is 2.58. The molecule has 1 aromatic carbocycles. The Bertz CT molecular complexity index is 449. The average molecular weight is 216 g/mol. The lowest BCUT2D eigenvalue weighted by Crippen LogP contribution is -2.42. The normalized spacial score (nSPS) is 22.0. The molecule has 3 rings (SSSR count). The number of rotatable bonds is 1. The quantitative estimate of drug-likeness (QED) is 0.771. The topological polar surface area (TPSA) is 46.3 Å². The second-order valence-electron chi connectivity index (χ2n) is 5.01. The molecular formula is C13H16N2O. The number of nitrogens with zero attached hydrogens (tertiary/aromatic N) is 1. The maximum Gasteiger partial charge on any atom is 0.243 e. The molecule has 1 saturated carbocycles. The highest BCUT2D eigenvalue weighted by Crippen LogP contribution is 2.56. The van der Waals surface area contributed by atoms with Crippen LogP contribution in [0.4, 0.5) is 5.69 Å². The molecule has 84 valence electrons. The van der Waals surface area contributed by atoms with Gasteiger partial charge in [-0.2, -0.15) is 0 Å². The Labute approximate surface area is 95.2 Å². The van der Waals surface area contributed by atoms with Crippen molar-refractivity contribution < 1.29 is 4.79 Å². The fourth-order valence-corrected chi connectivity index (χ4v) is 2.65. The largest absolute Gasteiger partial charge is 0.320 e. The Morgan fingerprint density at radius 2 is 2.12 bits per heavy atom. The molecule has 1 heterocycles. The van der Waals surface area contributed by atoms with Crippen molar-refractivity contribution in [3.8, 4) is 0 Å². The predicted molar refractivity (Wildman–Crippen MR) is 63.4 cm³/mol. The molecule has 1 amide bonds. The molecule has 0 radical (unpaired) electrons. The minimum absolute atomic E-state index is 0.0382. The molecule has 2 aliphatic rings. The molecule has 0 saturated heterocycles. The summed E-state index contributed by atoms with van der Waals surface area (Å²) in [6, 6.07) is 7.81. The number of hydrogen-bond acceptors (Lipinski definition) is 2. The van der Waals surface area contributed by atoms with Crippen molar-refractivity contribution in [2.24, 2.45) is 5.73 Å². The molecule has 0 unspecified atom stereocenters. The van der Waals surface area contributed by atoms with Crippen LogP contribution in [0.3, 0.4) is 0 Å². The van der Waals surface area contributed by atoms with E-state index >= 15 is 0 Å². The van der Waals surface area contributed by atoms with E-state index in [0.29, 0.717) is 0 Å². The number of amides is 1. The molecule has 0 bridgehead atoms. The van der Waals surface area contributed by atoms with Gasteiger partial charge < -0.3 is 10.6 Å². The smallest absolute Gasteiger partial charge is 0.243 e. The third-order valence-corrected chi connectivity index (χ3v) is 3.74. The first-order valence-electron chi connectivity index (χ1n) is 5.80. The summed E-state index contributed by atoms with van der Waals surface area (Å²) in [5.74, 6) is 0.0382. The van der Waals surface area contributed by atoms with Crippen LogP contribution in [0.1, 0.15) is 25.3 Å². The van der Waals surface area contributed by atoms with Crippen molar-refractivity contribution in [3.05, 3.63) is 29.8 Å². The van der Waals surface area contributed by atoms with Gasteiger partial charge >= 0.3 is 0 Å². The molecule has 1 aliphatic carbocycles. The van der Waals surface area contributed by atoms with Crippen molar-refractivity contribution in [1.29, 1.82) is 0 Å². The molecule has 1 fully saturated rings. The number of anilines is 1. The van der Waals surface area contributed by atoms with Gasteiger partial charge in [-0.25, -0.2) is 0 Å². The summed E-state index contributed by atoms with van der Waals surface area (Å²) in [4.78, 5) is 13.9. The van der Waals surface area contributed by atoms with Crippen molar-refractivity contribution in [2.45, 2.75) is 31.2 Å². The Hall–Kier alpha value is -1.35. The number of hydrogen-bond donors (Lipinski definition) is 1. The van der Waals surface area contributed by atoms with Gasteiger partial charge in [0.2, 0.25) is 5.91 Å². The zero-order chi connectivity index (χ0) is 11.3. The second-order valence-corrected chi connectivity index (χ2v) is 5.01. The first-order chi connectivity index (χ1) is 7.64. The zero-order valence-electron chi connectivity index (χ0n) is 9.44. The fraction of sp³-hybridized carbons (Fsp3) is 0.462. The van der Waals surface area contributed by atoms with Gasteiger partial charge in [0.1, 0.15) is 0 Å². The number of benzene rings is 1. The lowest BCUT2D eigenvalue weighted by Gasteiger charge is -2.19. The van der Waals surface area contributed by atoms with Gasteiger partial charge in [0, 0.05) is 17.6 Å². The van der Waals surface area contributed by atoms with E-state index in [0.717, 1.165) is 12.2 Å². The van der Waals surface area contributed by atoms with Gasteiger partial charge in [0.15, 0.2) is 0 Å². The maximum absolute atomic E-state index is 12.0. The van der Waals surface area contributed by atoms with E-state index in [1.165, 1.54) is 18.4 Å². The summed E-state index contributed by atoms with van der Waals surface area (Å²) < 4.78 is 0. The van der Waals surface area contributed by atoms with E-state index in [-0.39, 0.29) is 11.3 Å². The lowest BCUT2D eigenvalue weighted by atomic mass is 9.99. The van der Waals surface area contributed by atoms with Crippen LogP contribution in [0.15, 0.2) is 24.3 Å². The summed E-state index contributed by atoms with van der Waals surface area (Å²) in [6.07, 6.45) is 2.40. The van der Waals surface area contributed by atoms with Gasteiger partial charge in [0.05, 0.1) is 6.04 Å². The number of para-hydroxylation sites is 1. The van der Waals surface area contributed by atoms with Crippen LogP contribution in [-0.4, -0.2) is 18.5 Å². The Morgan fingerprint density at radius 3 is 2.75 bits per heavy atom. The van der Waals surface area contributed by atoms with Crippen LogP contribution in [0, 0.1) is 0 Å². The minimum atomic E-state index is -0.415. The van der Waals surface area contributed by atoms with Crippen LogP contribution >= 0.6 is 0 Å². The van der Waals surface area contributed by atoms with Crippen LogP contribution in [0.5, 0.6) is 0 Å². The molecular weight excluding hydrogens is 200 g/mol. The van der Waals surface area contributed by atoms with E-state index in [1.807, 2.05) is 17.0 Å². The van der Waals surface area contributed by atoms with Gasteiger partial charge in [-0.15, -0.1) is 0 Å². The predicted octanol–water partition coefficient (Wildman–Crippen LogP) is 1.41.